The summed E-state index contributed by atoms with van der Waals surface area (Å²) in [7, 11) is -4.08. The highest BCUT2D eigenvalue weighted by Gasteiger charge is 2.27. The average molecular weight is 431 g/mol. The fraction of sp³-hybridized carbons (Fsp3) is 0.278. The van der Waals surface area contributed by atoms with E-state index in [1.807, 2.05) is 6.07 Å². The first-order valence-corrected chi connectivity index (χ1v) is 10.5. The quantitative estimate of drug-likeness (QED) is 0.532. The predicted octanol–water partition coefficient (Wildman–Crippen LogP) is 2.38. The van der Waals surface area contributed by atoms with Crippen molar-refractivity contribution >= 4 is 39.1 Å². The molecule has 0 fully saturated rings. The molecule has 1 atom stereocenters. The second-order valence-electron chi connectivity index (χ2n) is 5.81. The van der Waals surface area contributed by atoms with Crippen molar-refractivity contribution in [2.24, 2.45) is 0 Å². The molecule has 9 heteroatoms. The van der Waals surface area contributed by atoms with Crippen LogP contribution >= 0.6 is 23.2 Å². The minimum absolute atomic E-state index is 0.00560. The Balaban J connectivity index is 2.26. The van der Waals surface area contributed by atoms with Crippen LogP contribution in [-0.2, 0) is 21.2 Å². The molecule has 27 heavy (non-hydrogen) atoms. The second kappa shape index (κ2) is 10.1. The molecule has 6 nitrogen and oxygen atoms in total. The zero-order valence-corrected chi connectivity index (χ0v) is 16.7. The fourth-order valence-electron chi connectivity index (χ4n) is 2.39. The number of aliphatic hydroxyl groups is 1. The van der Waals surface area contributed by atoms with Gasteiger partial charge in [0.25, 0.3) is 0 Å². The number of nitrogens with one attached hydrogen (secondary N) is 2. The molecule has 3 N–H and O–H groups in total. The van der Waals surface area contributed by atoms with E-state index in [-0.39, 0.29) is 34.5 Å². The first-order chi connectivity index (χ1) is 12.8. The van der Waals surface area contributed by atoms with Crippen LogP contribution in [0, 0.1) is 0 Å². The summed E-state index contributed by atoms with van der Waals surface area (Å²) in [5.41, 5.74) is 0.791. The lowest BCUT2D eigenvalue weighted by Gasteiger charge is -2.19. The van der Waals surface area contributed by atoms with Crippen LogP contribution in [0.1, 0.15) is 12.0 Å². The van der Waals surface area contributed by atoms with Gasteiger partial charge in [0.1, 0.15) is 10.9 Å². The van der Waals surface area contributed by atoms with Crippen LogP contribution in [0.25, 0.3) is 0 Å². The highest BCUT2D eigenvalue weighted by Crippen LogP contribution is 2.25. The molecule has 0 bridgehead atoms. The van der Waals surface area contributed by atoms with Crippen molar-refractivity contribution < 1.29 is 18.3 Å². The molecule has 2 rings (SSSR count). The number of carbonyl (C=O) groups is 1. The molecule has 0 aromatic heterocycles. The minimum atomic E-state index is -4.08. The van der Waals surface area contributed by atoms with E-state index in [1.165, 1.54) is 18.2 Å². The topological polar surface area (TPSA) is 95.5 Å². The molecule has 2 aromatic carbocycles. The van der Waals surface area contributed by atoms with E-state index in [0.717, 1.165) is 5.56 Å². The standard InChI is InChI=1S/C18H20Cl2N2O4S/c19-14-7-8-15(20)17(12-14)27(25,26)22-16(18(24)21-9-4-10-23)11-13-5-2-1-3-6-13/h1-3,5-8,12,16,22-23H,4,9-11H2,(H,21,24)/t16-/m0/s1. The monoisotopic (exact) mass is 430 g/mol. The van der Waals surface area contributed by atoms with Gasteiger partial charge in [-0.2, -0.15) is 4.72 Å². The number of hydrogen-bond acceptors (Lipinski definition) is 4. The molecule has 146 valence electrons. The van der Waals surface area contributed by atoms with Crippen molar-refractivity contribution in [3.63, 3.8) is 0 Å². The van der Waals surface area contributed by atoms with E-state index in [2.05, 4.69) is 10.0 Å². The highest BCUT2D eigenvalue weighted by atomic mass is 35.5. The molecule has 0 aliphatic heterocycles. The van der Waals surface area contributed by atoms with Crippen LogP contribution in [0.3, 0.4) is 0 Å². The largest absolute Gasteiger partial charge is 0.396 e. The fourth-order valence-corrected chi connectivity index (χ4v) is 4.34. The van der Waals surface area contributed by atoms with E-state index >= 15 is 0 Å². The summed E-state index contributed by atoms with van der Waals surface area (Å²) in [4.78, 5) is 12.3. The van der Waals surface area contributed by atoms with E-state index in [9.17, 15) is 13.2 Å². The third kappa shape index (κ3) is 6.48. The van der Waals surface area contributed by atoms with E-state index < -0.39 is 22.0 Å². The summed E-state index contributed by atoms with van der Waals surface area (Å²) in [6.45, 7) is 0.160. The van der Waals surface area contributed by atoms with Crippen molar-refractivity contribution in [1.82, 2.24) is 10.0 Å². The predicted molar refractivity (Wildman–Crippen MR) is 105 cm³/mol. The number of aliphatic hydroxyl groups excluding tert-OH is 1. The number of amides is 1. The molecule has 0 heterocycles. The summed E-state index contributed by atoms with van der Waals surface area (Å²) >= 11 is 11.9. The van der Waals surface area contributed by atoms with Crippen LogP contribution in [0.2, 0.25) is 10.0 Å². The van der Waals surface area contributed by atoms with Gasteiger partial charge in [-0.25, -0.2) is 8.42 Å². The van der Waals surface area contributed by atoms with Gasteiger partial charge in [-0.1, -0.05) is 53.5 Å². The Hall–Kier alpha value is -1.64. The summed E-state index contributed by atoms with van der Waals surface area (Å²) in [5, 5.41) is 11.7. The van der Waals surface area contributed by atoms with Crippen LogP contribution in [0.15, 0.2) is 53.4 Å². The molecular weight excluding hydrogens is 411 g/mol. The lowest BCUT2D eigenvalue weighted by Crippen LogP contribution is -2.48. The lowest BCUT2D eigenvalue weighted by molar-refractivity contribution is -0.122. The maximum atomic E-state index is 12.8. The number of carbonyl (C=O) groups excluding carboxylic acids is 1. The second-order valence-corrected chi connectivity index (χ2v) is 8.33. The highest BCUT2D eigenvalue weighted by molar-refractivity contribution is 7.89. The Labute approximate surface area is 168 Å². The van der Waals surface area contributed by atoms with Crippen molar-refractivity contribution in [2.75, 3.05) is 13.2 Å². The minimum Gasteiger partial charge on any atom is -0.396 e. The number of benzene rings is 2. The molecular formula is C18H20Cl2N2O4S. The number of rotatable bonds is 9. The van der Waals surface area contributed by atoms with Gasteiger partial charge in [0.2, 0.25) is 15.9 Å². The van der Waals surface area contributed by atoms with E-state index in [4.69, 9.17) is 28.3 Å². The molecule has 0 spiro atoms. The third-order valence-electron chi connectivity index (χ3n) is 3.71. The maximum absolute atomic E-state index is 12.8. The molecule has 0 saturated carbocycles. The van der Waals surface area contributed by atoms with Crippen molar-refractivity contribution in [3.05, 3.63) is 64.1 Å². The Bertz CT molecular complexity index is 876. The van der Waals surface area contributed by atoms with Crippen molar-refractivity contribution in [2.45, 2.75) is 23.8 Å². The molecule has 0 aliphatic carbocycles. The lowest BCUT2D eigenvalue weighted by atomic mass is 10.1. The Morgan fingerprint density at radius 1 is 1.11 bits per heavy atom. The van der Waals surface area contributed by atoms with Crippen LogP contribution in [0.4, 0.5) is 0 Å². The van der Waals surface area contributed by atoms with Gasteiger partial charge in [-0.15, -0.1) is 0 Å². The molecule has 0 aliphatic rings. The van der Waals surface area contributed by atoms with Gasteiger partial charge in [-0.3, -0.25) is 4.79 Å². The molecule has 1 amide bonds. The van der Waals surface area contributed by atoms with Gasteiger partial charge in [0, 0.05) is 18.2 Å². The molecule has 0 radical (unpaired) electrons. The molecule has 0 saturated heterocycles. The van der Waals surface area contributed by atoms with E-state index in [1.54, 1.807) is 24.3 Å². The van der Waals surface area contributed by atoms with Crippen molar-refractivity contribution in [1.29, 1.82) is 0 Å². The number of hydrogen-bond donors (Lipinski definition) is 3. The molecule has 0 unspecified atom stereocenters. The zero-order chi connectivity index (χ0) is 19.9. The van der Waals surface area contributed by atoms with Gasteiger partial charge >= 0.3 is 0 Å². The summed E-state index contributed by atoms with van der Waals surface area (Å²) in [6.07, 6.45) is 0.528. The van der Waals surface area contributed by atoms with Gasteiger partial charge < -0.3 is 10.4 Å². The Kier molecular flexibility index (Phi) is 8.07. The summed E-state index contributed by atoms with van der Waals surface area (Å²) in [5.74, 6) is -0.492. The van der Waals surface area contributed by atoms with Gasteiger partial charge in [-0.05, 0) is 36.6 Å². The first-order valence-electron chi connectivity index (χ1n) is 8.23. The normalized spacial score (nSPS) is 12.6. The van der Waals surface area contributed by atoms with Gasteiger partial charge in [0.15, 0.2) is 0 Å². The smallest absolute Gasteiger partial charge is 0.242 e. The van der Waals surface area contributed by atoms with E-state index in [0.29, 0.717) is 6.42 Å². The first kappa shape index (κ1) is 21.7. The number of halogens is 2. The van der Waals surface area contributed by atoms with Crippen molar-refractivity contribution in [3.8, 4) is 0 Å². The van der Waals surface area contributed by atoms with Crippen LogP contribution in [-0.4, -0.2) is 38.6 Å². The van der Waals surface area contributed by atoms with Gasteiger partial charge in [0.05, 0.1) is 5.02 Å². The summed E-state index contributed by atoms with van der Waals surface area (Å²) in [6, 6.07) is 12.1. The van der Waals surface area contributed by atoms with Crippen LogP contribution < -0.4 is 10.0 Å². The van der Waals surface area contributed by atoms with Crippen LogP contribution in [0.5, 0.6) is 0 Å². The summed E-state index contributed by atoms with van der Waals surface area (Å²) < 4.78 is 27.9. The molecule has 2 aromatic rings. The zero-order valence-electron chi connectivity index (χ0n) is 14.4. The third-order valence-corrected chi connectivity index (χ3v) is 5.90. The Morgan fingerprint density at radius 3 is 2.48 bits per heavy atom. The number of sulfonamides is 1. The maximum Gasteiger partial charge on any atom is 0.242 e. The average Bonchev–Trinajstić information content (AvgIpc) is 2.64. The Morgan fingerprint density at radius 2 is 1.81 bits per heavy atom. The SMILES string of the molecule is O=C(NCCCO)[C@H](Cc1ccccc1)NS(=O)(=O)c1cc(Cl)ccc1Cl.